The van der Waals surface area contributed by atoms with Gasteiger partial charge in [-0.15, -0.1) is 16.4 Å². The quantitative estimate of drug-likeness (QED) is 0.457. The largest absolute Gasteiger partial charge is 0.453 e. The SMILES string of the molecule is COC(=O)Nc1ccc(CNC(=O)c2nc(-c3cccs3)n(-c3ccc(F)cc3)n2)cc1. The van der Waals surface area contributed by atoms with Gasteiger partial charge in [0, 0.05) is 12.2 Å². The molecule has 0 bridgehead atoms. The van der Waals surface area contributed by atoms with E-state index in [9.17, 15) is 14.0 Å². The van der Waals surface area contributed by atoms with E-state index in [4.69, 9.17) is 0 Å². The van der Waals surface area contributed by atoms with Crippen LogP contribution in [0.4, 0.5) is 14.9 Å². The van der Waals surface area contributed by atoms with E-state index in [2.05, 4.69) is 25.5 Å². The molecule has 2 aromatic carbocycles. The van der Waals surface area contributed by atoms with Crippen LogP contribution in [0.1, 0.15) is 16.2 Å². The molecule has 8 nitrogen and oxygen atoms in total. The van der Waals surface area contributed by atoms with E-state index in [1.54, 1.807) is 36.4 Å². The Hall–Kier alpha value is -4.05. The maximum absolute atomic E-state index is 13.3. The number of aromatic nitrogens is 3. The van der Waals surface area contributed by atoms with Crippen molar-refractivity contribution < 1.29 is 18.7 Å². The number of halogens is 1. The molecule has 0 atom stereocenters. The first kappa shape index (κ1) is 21.2. The summed E-state index contributed by atoms with van der Waals surface area (Å²) in [7, 11) is 1.29. The molecule has 0 unspecified atom stereocenters. The number of carbonyl (C=O) groups is 2. The van der Waals surface area contributed by atoms with Crippen LogP contribution in [0.15, 0.2) is 66.0 Å². The van der Waals surface area contributed by atoms with Crippen molar-refractivity contribution in [3.8, 4) is 16.4 Å². The van der Waals surface area contributed by atoms with Gasteiger partial charge in [-0.2, -0.15) is 0 Å². The highest BCUT2D eigenvalue weighted by atomic mass is 32.1. The van der Waals surface area contributed by atoms with Gasteiger partial charge in [-0.3, -0.25) is 10.1 Å². The second-order valence-electron chi connectivity index (χ2n) is 6.62. The fourth-order valence-electron chi connectivity index (χ4n) is 2.87. The van der Waals surface area contributed by atoms with Crippen LogP contribution < -0.4 is 10.6 Å². The van der Waals surface area contributed by atoms with Gasteiger partial charge in [0.2, 0.25) is 5.82 Å². The fourth-order valence-corrected chi connectivity index (χ4v) is 3.57. The van der Waals surface area contributed by atoms with E-state index in [1.807, 2.05) is 17.5 Å². The van der Waals surface area contributed by atoms with Crippen LogP contribution in [0, 0.1) is 5.82 Å². The Kier molecular flexibility index (Phi) is 6.22. The van der Waals surface area contributed by atoms with Gasteiger partial charge in [0.1, 0.15) is 5.82 Å². The van der Waals surface area contributed by atoms with E-state index in [0.29, 0.717) is 17.2 Å². The summed E-state index contributed by atoms with van der Waals surface area (Å²) in [5.74, 6) is -0.311. The molecule has 0 fully saturated rings. The Morgan fingerprint density at radius 3 is 2.50 bits per heavy atom. The molecule has 0 saturated carbocycles. The summed E-state index contributed by atoms with van der Waals surface area (Å²) in [6, 6.07) is 16.5. The van der Waals surface area contributed by atoms with Crippen molar-refractivity contribution in [1.82, 2.24) is 20.1 Å². The summed E-state index contributed by atoms with van der Waals surface area (Å²) in [6.07, 6.45) is -0.560. The van der Waals surface area contributed by atoms with Gasteiger partial charge in [-0.25, -0.2) is 18.9 Å². The maximum atomic E-state index is 13.3. The number of methoxy groups -OCH3 is 1. The van der Waals surface area contributed by atoms with Gasteiger partial charge >= 0.3 is 6.09 Å². The molecular formula is C22H18FN5O3S. The van der Waals surface area contributed by atoms with E-state index >= 15 is 0 Å². The molecule has 4 aromatic rings. The molecule has 162 valence electrons. The first-order chi connectivity index (χ1) is 15.5. The second kappa shape index (κ2) is 9.40. The van der Waals surface area contributed by atoms with E-state index in [1.165, 1.54) is 35.3 Å². The Labute approximate surface area is 186 Å². The van der Waals surface area contributed by atoms with Crippen molar-refractivity contribution >= 4 is 29.0 Å². The number of hydrogen-bond acceptors (Lipinski definition) is 6. The minimum atomic E-state index is -0.560. The molecule has 0 radical (unpaired) electrons. The summed E-state index contributed by atoms with van der Waals surface area (Å²) >= 11 is 1.46. The zero-order valence-electron chi connectivity index (χ0n) is 16.9. The highest BCUT2D eigenvalue weighted by molar-refractivity contribution is 7.13. The number of nitrogens with one attached hydrogen (secondary N) is 2. The van der Waals surface area contributed by atoms with Gasteiger partial charge in [-0.05, 0) is 53.4 Å². The average molecular weight is 451 g/mol. The summed E-state index contributed by atoms with van der Waals surface area (Å²) in [5.41, 5.74) is 1.99. The number of nitrogens with zero attached hydrogens (tertiary/aromatic N) is 3. The van der Waals surface area contributed by atoms with Crippen LogP contribution >= 0.6 is 11.3 Å². The Morgan fingerprint density at radius 2 is 1.84 bits per heavy atom. The monoisotopic (exact) mass is 451 g/mol. The normalized spacial score (nSPS) is 10.6. The van der Waals surface area contributed by atoms with E-state index in [0.717, 1.165) is 10.4 Å². The van der Waals surface area contributed by atoms with Gasteiger partial charge in [0.05, 0.1) is 17.7 Å². The number of benzene rings is 2. The third-order valence-electron chi connectivity index (χ3n) is 4.46. The summed E-state index contributed by atoms with van der Waals surface area (Å²) < 4.78 is 19.4. The molecule has 0 spiro atoms. The smallest absolute Gasteiger partial charge is 0.411 e. The summed E-state index contributed by atoms with van der Waals surface area (Å²) in [4.78, 5) is 29.2. The molecule has 4 rings (SSSR count). The lowest BCUT2D eigenvalue weighted by Crippen LogP contribution is -2.24. The van der Waals surface area contributed by atoms with Gasteiger partial charge in [0.15, 0.2) is 5.82 Å². The minimum Gasteiger partial charge on any atom is -0.453 e. The molecule has 0 aliphatic rings. The first-order valence-corrected chi connectivity index (χ1v) is 10.4. The number of rotatable bonds is 6. The lowest BCUT2D eigenvalue weighted by molar-refractivity contribution is 0.0940. The molecule has 2 aromatic heterocycles. The van der Waals surface area contributed by atoms with Crippen LogP contribution in [-0.2, 0) is 11.3 Å². The van der Waals surface area contributed by atoms with Crippen molar-refractivity contribution in [2.75, 3.05) is 12.4 Å². The molecule has 0 aliphatic heterocycles. The van der Waals surface area contributed by atoms with E-state index in [-0.39, 0.29) is 18.2 Å². The predicted molar refractivity (Wildman–Crippen MR) is 118 cm³/mol. The fraction of sp³-hybridized carbons (Fsp3) is 0.0909. The summed E-state index contributed by atoms with van der Waals surface area (Å²) in [6.45, 7) is 0.247. The number of carbonyl (C=O) groups excluding carboxylic acids is 2. The van der Waals surface area contributed by atoms with Gasteiger partial charge < -0.3 is 10.1 Å². The standard InChI is InChI=1S/C22H18FN5O3S/c1-31-22(30)25-16-8-4-14(5-9-16)13-24-21(29)19-26-20(18-3-2-12-32-18)28(27-19)17-10-6-15(23)7-11-17/h2-12H,13H2,1H3,(H,24,29)(H,25,30). The van der Waals surface area contributed by atoms with Crippen LogP contribution in [-0.4, -0.2) is 33.9 Å². The molecule has 0 aliphatic carbocycles. The zero-order chi connectivity index (χ0) is 22.5. The molecule has 2 amide bonds. The maximum Gasteiger partial charge on any atom is 0.411 e. The Bertz CT molecular complexity index is 1220. The van der Waals surface area contributed by atoms with Crippen molar-refractivity contribution in [3.63, 3.8) is 0 Å². The molecule has 2 heterocycles. The van der Waals surface area contributed by atoms with Gasteiger partial charge in [-0.1, -0.05) is 18.2 Å². The number of anilines is 1. The highest BCUT2D eigenvalue weighted by Gasteiger charge is 2.19. The predicted octanol–water partition coefficient (Wildman–Crippen LogP) is 4.24. The van der Waals surface area contributed by atoms with Crippen LogP contribution in [0.2, 0.25) is 0 Å². The lowest BCUT2D eigenvalue weighted by Gasteiger charge is -2.06. The Balaban J connectivity index is 1.51. The third kappa shape index (κ3) is 4.81. The number of thiophene rings is 1. The van der Waals surface area contributed by atoms with Gasteiger partial charge in [0.25, 0.3) is 5.91 Å². The van der Waals surface area contributed by atoms with Crippen molar-refractivity contribution in [3.05, 3.63) is 83.2 Å². The molecule has 0 saturated heterocycles. The molecule has 10 heteroatoms. The Morgan fingerprint density at radius 1 is 1.09 bits per heavy atom. The number of amides is 2. The molecule has 2 N–H and O–H groups in total. The highest BCUT2D eigenvalue weighted by Crippen LogP contribution is 2.25. The number of hydrogen-bond donors (Lipinski definition) is 2. The lowest BCUT2D eigenvalue weighted by atomic mass is 10.2. The van der Waals surface area contributed by atoms with Crippen molar-refractivity contribution in [1.29, 1.82) is 0 Å². The first-order valence-electron chi connectivity index (χ1n) is 9.52. The van der Waals surface area contributed by atoms with Crippen molar-refractivity contribution in [2.24, 2.45) is 0 Å². The van der Waals surface area contributed by atoms with Crippen LogP contribution in [0.3, 0.4) is 0 Å². The van der Waals surface area contributed by atoms with Crippen molar-refractivity contribution in [2.45, 2.75) is 6.54 Å². The number of ether oxygens (including phenoxy) is 1. The second-order valence-corrected chi connectivity index (χ2v) is 7.57. The molecule has 32 heavy (non-hydrogen) atoms. The minimum absolute atomic E-state index is 0.00158. The zero-order valence-corrected chi connectivity index (χ0v) is 17.7. The van der Waals surface area contributed by atoms with Crippen LogP contribution in [0.25, 0.3) is 16.4 Å². The molecular weight excluding hydrogens is 433 g/mol. The average Bonchev–Trinajstić information content (AvgIpc) is 3.49. The van der Waals surface area contributed by atoms with E-state index < -0.39 is 12.0 Å². The topological polar surface area (TPSA) is 98.1 Å². The third-order valence-corrected chi connectivity index (χ3v) is 5.33. The summed E-state index contributed by atoms with van der Waals surface area (Å²) in [5, 5.41) is 11.6. The van der Waals surface area contributed by atoms with Crippen LogP contribution in [0.5, 0.6) is 0 Å².